The summed E-state index contributed by atoms with van der Waals surface area (Å²) in [6.45, 7) is 0.115. The Morgan fingerprint density at radius 3 is 2.75 bits per heavy atom. The molecule has 3 rings (SSSR count). The molecule has 1 aliphatic heterocycles. The number of carboxylic acid groups (broad SMARTS) is 1. The summed E-state index contributed by atoms with van der Waals surface area (Å²) in [5.41, 5.74) is -0.607. The Hall–Kier alpha value is -0.960. The van der Waals surface area contributed by atoms with E-state index in [2.05, 4.69) is 0 Å². The lowest BCUT2D eigenvalue weighted by Crippen LogP contribution is -2.61. The highest BCUT2D eigenvalue weighted by Gasteiger charge is 2.50. The minimum atomic E-state index is -3.63. The molecule has 1 unspecified atom stereocenters. The largest absolute Gasteiger partial charge is 0.479 e. The molecule has 1 aliphatic carbocycles. The van der Waals surface area contributed by atoms with Gasteiger partial charge in [0.2, 0.25) is 10.0 Å². The molecule has 0 amide bonds. The molecule has 1 N–H and O–H groups in total. The Labute approximate surface area is 121 Å². The van der Waals surface area contributed by atoms with E-state index >= 15 is 0 Å². The molecule has 0 bridgehead atoms. The van der Waals surface area contributed by atoms with Crippen LogP contribution in [0.15, 0.2) is 21.7 Å². The van der Waals surface area contributed by atoms with Gasteiger partial charge in [0, 0.05) is 11.9 Å². The molecule has 2 fully saturated rings. The number of thiophene rings is 1. The maximum Gasteiger partial charge on any atom is 0.334 e. The quantitative estimate of drug-likeness (QED) is 0.904. The molecular weight excluding hydrogens is 302 g/mol. The van der Waals surface area contributed by atoms with Crippen LogP contribution in [0.4, 0.5) is 0 Å². The molecular formula is C12H15NO5S2. The summed E-state index contributed by atoms with van der Waals surface area (Å²) in [4.78, 5) is 11.4. The van der Waals surface area contributed by atoms with E-state index in [4.69, 9.17) is 9.84 Å². The van der Waals surface area contributed by atoms with E-state index in [0.29, 0.717) is 12.8 Å². The minimum absolute atomic E-state index is 0.130. The fraction of sp³-hybridized carbons (Fsp3) is 0.583. The molecule has 2 heterocycles. The monoisotopic (exact) mass is 317 g/mol. The van der Waals surface area contributed by atoms with Crippen molar-refractivity contribution in [2.45, 2.75) is 35.9 Å². The molecule has 1 aromatic heterocycles. The first-order chi connectivity index (χ1) is 9.43. The normalized spacial score (nSPS) is 26.3. The first-order valence-corrected chi connectivity index (χ1v) is 8.74. The van der Waals surface area contributed by atoms with Crippen molar-refractivity contribution in [2.75, 3.05) is 13.1 Å². The van der Waals surface area contributed by atoms with Gasteiger partial charge in [-0.25, -0.2) is 13.2 Å². The van der Waals surface area contributed by atoms with Gasteiger partial charge >= 0.3 is 5.97 Å². The third-order valence-electron chi connectivity index (χ3n) is 3.90. The van der Waals surface area contributed by atoms with Gasteiger partial charge in [0.1, 0.15) is 0 Å². The summed E-state index contributed by atoms with van der Waals surface area (Å²) >= 11 is 1.30. The molecule has 20 heavy (non-hydrogen) atoms. The summed E-state index contributed by atoms with van der Waals surface area (Å²) < 4.78 is 31.9. The zero-order valence-corrected chi connectivity index (χ0v) is 12.3. The lowest BCUT2D eigenvalue weighted by molar-refractivity contribution is -0.195. The molecule has 1 saturated heterocycles. The van der Waals surface area contributed by atoms with Crippen LogP contribution >= 0.6 is 11.3 Å². The topological polar surface area (TPSA) is 83.9 Å². The molecule has 1 atom stereocenters. The van der Waals surface area contributed by atoms with Crippen molar-refractivity contribution >= 4 is 27.3 Å². The predicted molar refractivity (Wildman–Crippen MR) is 72.2 cm³/mol. The number of sulfonamides is 1. The summed E-state index contributed by atoms with van der Waals surface area (Å²) in [6.07, 6.45) is 1.29. The van der Waals surface area contributed by atoms with E-state index in [-0.39, 0.29) is 18.0 Å². The van der Waals surface area contributed by atoms with Crippen LogP contribution in [-0.4, -0.2) is 48.6 Å². The van der Waals surface area contributed by atoms with Gasteiger partial charge in [0.05, 0.1) is 17.0 Å². The fourth-order valence-corrected chi connectivity index (χ4v) is 5.18. The van der Waals surface area contributed by atoms with Crippen molar-refractivity contribution < 1.29 is 23.1 Å². The number of hydrogen-bond acceptors (Lipinski definition) is 5. The summed E-state index contributed by atoms with van der Waals surface area (Å²) in [6, 6.07) is 1.54. The molecule has 110 valence electrons. The number of carbonyl (C=O) groups is 1. The Morgan fingerprint density at radius 1 is 1.50 bits per heavy atom. The number of ether oxygens (including phenoxy) is 1. The van der Waals surface area contributed by atoms with Gasteiger partial charge in [-0.3, -0.25) is 0 Å². The van der Waals surface area contributed by atoms with Crippen molar-refractivity contribution in [3.05, 3.63) is 16.8 Å². The van der Waals surface area contributed by atoms with Gasteiger partial charge < -0.3 is 9.84 Å². The fourth-order valence-electron chi connectivity index (χ4n) is 2.65. The van der Waals surface area contributed by atoms with E-state index < -0.39 is 27.7 Å². The van der Waals surface area contributed by atoms with Crippen LogP contribution < -0.4 is 0 Å². The van der Waals surface area contributed by atoms with Crippen molar-refractivity contribution in [2.24, 2.45) is 0 Å². The second-order valence-electron chi connectivity index (χ2n) is 5.24. The third kappa shape index (κ3) is 2.26. The highest BCUT2D eigenvalue weighted by atomic mass is 32.2. The second-order valence-corrected chi connectivity index (χ2v) is 7.96. The van der Waals surface area contributed by atoms with E-state index in [1.54, 1.807) is 16.8 Å². The van der Waals surface area contributed by atoms with Crippen LogP contribution in [0.25, 0.3) is 0 Å². The van der Waals surface area contributed by atoms with Crippen LogP contribution in [0.3, 0.4) is 0 Å². The van der Waals surface area contributed by atoms with Gasteiger partial charge in [0.15, 0.2) is 6.10 Å². The Morgan fingerprint density at radius 2 is 2.25 bits per heavy atom. The zero-order valence-electron chi connectivity index (χ0n) is 10.7. The third-order valence-corrected chi connectivity index (χ3v) is 6.54. The van der Waals surface area contributed by atoms with Crippen molar-refractivity contribution in [1.82, 2.24) is 4.31 Å². The molecule has 6 nitrogen and oxygen atoms in total. The van der Waals surface area contributed by atoms with Crippen LogP contribution in [0, 0.1) is 0 Å². The smallest absolute Gasteiger partial charge is 0.334 e. The first kappa shape index (κ1) is 14.0. The highest BCUT2D eigenvalue weighted by molar-refractivity contribution is 7.89. The van der Waals surface area contributed by atoms with Crippen molar-refractivity contribution in [3.63, 3.8) is 0 Å². The summed E-state index contributed by atoms with van der Waals surface area (Å²) in [7, 11) is -3.63. The SMILES string of the molecule is O=C(O)C1CN(S(=O)(=O)c2ccsc2)CC2(CCC2)O1. The Bertz CT molecular complexity index is 606. The molecule has 0 aromatic carbocycles. The number of morpholine rings is 1. The van der Waals surface area contributed by atoms with Gasteiger partial charge in [-0.2, -0.15) is 15.6 Å². The van der Waals surface area contributed by atoms with E-state index in [9.17, 15) is 13.2 Å². The molecule has 0 radical (unpaired) electrons. The number of aliphatic carboxylic acids is 1. The molecule has 1 spiro atoms. The standard InChI is InChI=1S/C12H15NO5S2/c14-11(15)10-6-13(8-12(18-10)3-1-4-12)20(16,17)9-2-5-19-7-9/h2,5,7,10H,1,3-4,6,8H2,(H,14,15). The van der Waals surface area contributed by atoms with E-state index in [0.717, 1.165) is 6.42 Å². The highest BCUT2D eigenvalue weighted by Crippen LogP contribution is 2.41. The number of rotatable bonds is 3. The second kappa shape index (κ2) is 4.80. The average Bonchev–Trinajstić information content (AvgIpc) is 2.90. The van der Waals surface area contributed by atoms with Crippen LogP contribution in [0.5, 0.6) is 0 Å². The Kier molecular flexibility index (Phi) is 3.36. The van der Waals surface area contributed by atoms with Crippen LogP contribution in [0.2, 0.25) is 0 Å². The van der Waals surface area contributed by atoms with Crippen molar-refractivity contribution in [3.8, 4) is 0 Å². The minimum Gasteiger partial charge on any atom is -0.479 e. The number of hydrogen-bond donors (Lipinski definition) is 1. The average molecular weight is 317 g/mol. The van der Waals surface area contributed by atoms with Crippen LogP contribution in [0.1, 0.15) is 19.3 Å². The van der Waals surface area contributed by atoms with Gasteiger partial charge in [-0.1, -0.05) is 0 Å². The molecule has 2 aliphatic rings. The maximum absolute atomic E-state index is 12.5. The zero-order chi connectivity index (χ0) is 14.4. The Balaban J connectivity index is 1.90. The van der Waals surface area contributed by atoms with Gasteiger partial charge in [-0.15, -0.1) is 0 Å². The van der Waals surface area contributed by atoms with E-state index in [1.165, 1.54) is 15.6 Å². The number of carboxylic acids is 1. The van der Waals surface area contributed by atoms with E-state index in [1.807, 2.05) is 0 Å². The first-order valence-electron chi connectivity index (χ1n) is 6.36. The maximum atomic E-state index is 12.5. The lowest BCUT2D eigenvalue weighted by Gasteiger charge is -2.49. The predicted octanol–water partition coefficient (Wildman–Crippen LogP) is 1.14. The van der Waals surface area contributed by atoms with Crippen LogP contribution in [-0.2, 0) is 19.6 Å². The summed E-state index contributed by atoms with van der Waals surface area (Å²) in [5.74, 6) is -1.11. The molecule has 1 aromatic rings. The molecule has 1 saturated carbocycles. The molecule has 8 heteroatoms. The van der Waals surface area contributed by atoms with Gasteiger partial charge in [0.25, 0.3) is 0 Å². The summed E-state index contributed by atoms with van der Waals surface area (Å²) in [5, 5.41) is 12.4. The van der Waals surface area contributed by atoms with Crippen molar-refractivity contribution in [1.29, 1.82) is 0 Å². The lowest BCUT2D eigenvalue weighted by atomic mass is 9.79. The van der Waals surface area contributed by atoms with Gasteiger partial charge in [-0.05, 0) is 30.7 Å². The number of nitrogens with zero attached hydrogens (tertiary/aromatic N) is 1.